The molecule has 0 saturated heterocycles. The van der Waals surface area contributed by atoms with Gasteiger partial charge in [0.2, 0.25) is 0 Å². The Bertz CT molecular complexity index is 907. The number of amides is 2. The maximum Gasteiger partial charge on any atom is 0.387 e. The molecular weight excluding hydrogens is 386 g/mol. The third-order valence-electron chi connectivity index (χ3n) is 3.59. The molecule has 1 aliphatic rings. The Morgan fingerprint density at radius 3 is 2.78 bits per heavy atom. The van der Waals surface area contributed by atoms with Gasteiger partial charge in [-0.2, -0.15) is 8.78 Å². The van der Waals surface area contributed by atoms with Gasteiger partial charge in [-0.1, -0.05) is 11.6 Å². The van der Waals surface area contributed by atoms with E-state index >= 15 is 0 Å². The zero-order valence-electron chi connectivity index (χ0n) is 13.8. The van der Waals surface area contributed by atoms with Crippen LogP contribution in [0, 0.1) is 0 Å². The average Bonchev–Trinajstić information content (AvgIpc) is 2.62. The second-order valence-electron chi connectivity index (χ2n) is 5.36. The normalized spacial score (nSPS) is 12.7. The highest BCUT2D eigenvalue weighted by atomic mass is 35.5. The molecule has 0 unspecified atom stereocenters. The summed E-state index contributed by atoms with van der Waals surface area (Å²) >= 11 is 6.13. The average molecular weight is 399 g/mol. The number of alkyl halides is 2. The van der Waals surface area contributed by atoms with Crippen LogP contribution in [-0.2, 0) is 4.79 Å². The Labute approximate surface area is 157 Å². The van der Waals surface area contributed by atoms with E-state index in [9.17, 15) is 18.4 Å². The summed E-state index contributed by atoms with van der Waals surface area (Å²) in [5, 5.41) is 5.37. The van der Waals surface area contributed by atoms with Crippen molar-refractivity contribution in [1.29, 1.82) is 0 Å². The van der Waals surface area contributed by atoms with Gasteiger partial charge in [-0.3, -0.25) is 9.59 Å². The van der Waals surface area contributed by atoms with Crippen molar-refractivity contribution in [3.63, 3.8) is 0 Å². The van der Waals surface area contributed by atoms with E-state index in [4.69, 9.17) is 21.1 Å². The van der Waals surface area contributed by atoms with Crippen LogP contribution in [0.2, 0.25) is 5.02 Å². The molecule has 2 aromatic carbocycles. The number of hydrogen-bond acceptors (Lipinski definition) is 5. The van der Waals surface area contributed by atoms with Gasteiger partial charge >= 0.3 is 6.61 Å². The number of carbonyl (C=O) groups is 2. The van der Waals surface area contributed by atoms with Gasteiger partial charge in [-0.25, -0.2) is 0 Å². The van der Waals surface area contributed by atoms with Gasteiger partial charge in [0.25, 0.3) is 11.8 Å². The maximum atomic E-state index is 12.5. The third-order valence-corrected chi connectivity index (χ3v) is 3.90. The number of nitrogens with one attached hydrogen (secondary N) is 2. The third kappa shape index (κ3) is 4.20. The summed E-state index contributed by atoms with van der Waals surface area (Å²) in [6, 6.07) is 6.69. The first-order valence-corrected chi connectivity index (χ1v) is 7.95. The Hall–Kier alpha value is -3.07. The van der Waals surface area contributed by atoms with E-state index in [1.54, 1.807) is 0 Å². The zero-order chi connectivity index (χ0) is 19.6. The summed E-state index contributed by atoms with van der Waals surface area (Å²) in [7, 11) is 1.27. The second-order valence-corrected chi connectivity index (χ2v) is 5.77. The fourth-order valence-corrected chi connectivity index (χ4v) is 2.60. The fourth-order valence-electron chi connectivity index (χ4n) is 2.39. The summed E-state index contributed by atoms with van der Waals surface area (Å²) in [5.41, 5.74) is 0.782. The van der Waals surface area contributed by atoms with Crippen molar-refractivity contribution in [2.24, 2.45) is 0 Å². The van der Waals surface area contributed by atoms with Gasteiger partial charge in [-0.05, 0) is 24.3 Å². The van der Waals surface area contributed by atoms with Crippen molar-refractivity contribution < 1.29 is 32.6 Å². The van der Waals surface area contributed by atoms with Crippen molar-refractivity contribution in [2.75, 3.05) is 24.4 Å². The second kappa shape index (κ2) is 7.67. The van der Waals surface area contributed by atoms with E-state index in [0.29, 0.717) is 11.4 Å². The summed E-state index contributed by atoms with van der Waals surface area (Å²) in [6.45, 7) is -3.17. The molecule has 0 saturated carbocycles. The molecule has 1 aliphatic heterocycles. The number of ether oxygens (including phenoxy) is 3. The van der Waals surface area contributed by atoms with Gasteiger partial charge in [0.05, 0.1) is 23.5 Å². The molecule has 142 valence electrons. The first-order chi connectivity index (χ1) is 12.9. The molecular formula is C17H13ClF2N2O5. The summed E-state index contributed by atoms with van der Waals surface area (Å²) in [6.07, 6.45) is 0. The van der Waals surface area contributed by atoms with Crippen molar-refractivity contribution in [1.82, 2.24) is 0 Å². The van der Waals surface area contributed by atoms with Crippen LogP contribution in [0.4, 0.5) is 20.2 Å². The van der Waals surface area contributed by atoms with Crippen LogP contribution in [-0.4, -0.2) is 32.1 Å². The molecule has 0 radical (unpaired) electrons. The molecule has 0 bridgehead atoms. The monoisotopic (exact) mass is 398 g/mol. The Morgan fingerprint density at radius 2 is 2.07 bits per heavy atom. The Kier molecular flexibility index (Phi) is 5.31. The van der Waals surface area contributed by atoms with Gasteiger partial charge in [0.15, 0.2) is 18.1 Å². The largest absolute Gasteiger partial charge is 0.493 e. The molecule has 0 spiro atoms. The lowest BCUT2D eigenvalue weighted by Gasteiger charge is -2.19. The number of rotatable bonds is 5. The molecule has 2 aromatic rings. The lowest BCUT2D eigenvalue weighted by Crippen LogP contribution is -2.25. The van der Waals surface area contributed by atoms with Gasteiger partial charge < -0.3 is 24.8 Å². The van der Waals surface area contributed by atoms with E-state index in [2.05, 4.69) is 15.4 Å². The summed E-state index contributed by atoms with van der Waals surface area (Å²) in [5.74, 6) is -0.731. The van der Waals surface area contributed by atoms with Crippen molar-refractivity contribution >= 4 is 34.8 Å². The molecule has 0 atom stereocenters. The van der Waals surface area contributed by atoms with Gasteiger partial charge in [0.1, 0.15) is 5.75 Å². The van der Waals surface area contributed by atoms with Crippen LogP contribution in [0.15, 0.2) is 30.3 Å². The molecule has 7 nitrogen and oxygen atoms in total. The SMILES string of the molecule is COc1cc(C(=O)Nc2cc3c(cc2Cl)NC(=O)CO3)ccc1OC(F)F. The van der Waals surface area contributed by atoms with Crippen LogP contribution in [0.1, 0.15) is 10.4 Å². The van der Waals surface area contributed by atoms with Crippen LogP contribution < -0.4 is 24.8 Å². The Morgan fingerprint density at radius 1 is 1.30 bits per heavy atom. The predicted molar refractivity (Wildman–Crippen MR) is 93.2 cm³/mol. The van der Waals surface area contributed by atoms with Gasteiger partial charge in [0, 0.05) is 11.6 Å². The molecule has 0 aromatic heterocycles. The Balaban J connectivity index is 1.82. The highest BCUT2D eigenvalue weighted by Crippen LogP contribution is 2.37. The van der Waals surface area contributed by atoms with Crippen LogP contribution in [0.25, 0.3) is 0 Å². The molecule has 1 heterocycles. The van der Waals surface area contributed by atoms with Gasteiger partial charge in [-0.15, -0.1) is 0 Å². The quantitative estimate of drug-likeness (QED) is 0.804. The van der Waals surface area contributed by atoms with E-state index < -0.39 is 12.5 Å². The number of methoxy groups -OCH3 is 1. The van der Waals surface area contributed by atoms with E-state index in [0.717, 1.165) is 0 Å². The maximum absolute atomic E-state index is 12.5. The van der Waals surface area contributed by atoms with Crippen LogP contribution in [0.3, 0.4) is 0 Å². The first kappa shape index (κ1) is 18.7. The standard InChI is InChI=1S/C17H13ClF2N2O5/c1-25-14-4-8(2-3-12(14)27-17(19)20)16(24)22-10-6-13-11(5-9(10)18)21-15(23)7-26-13/h2-6,17H,7H2,1H3,(H,21,23)(H,22,24). The molecule has 10 heteroatoms. The minimum absolute atomic E-state index is 0.0227. The number of hydrogen-bond donors (Lipinski definition) is 2. The van der Waals surface area contributed by atoms with Crippen LogP contribution in [0.5, 0.6) is 17.2 Å². The lowest BCUT2D eigenvalue weighted by atomic mass is 10.1. The van der Waals surface area contributed by atoms with Crippen molar-refractivity contribution in [2.45, 2.75) is 6.61 Å². The number of halogens is 3. The highest BCUT2D eigenvalue weighted by molar-refractivity contribution is 6.34. The van der Waals surface area contributed by atoms with E-state index in [-0.39, 0.29) is 40.3 Å². The fraction of sp³-hybridized carbons (Fsp3) is 0.176. The molecule has 0 fully saturated rings. The lowest BCUT2D eigenvalue weighted by molar-refractivity contribution is -0.118. The summed E-state index contributed by atoms with van der Waals surface area (Å²) in [4.78, 5) is 23.8. The van der Waals surface area contributed by atoms with Crippen molar-refractivity contribution in [3.05, 3.63) is 40.9 Å². The van der Waals surface area contributed by atoms with Crippen molar-refractivity contribution in [3.8, 4) is 17.2 Å². The summed E-state index contributed by atoms with van der Waals surface area (Å²) < 4.78 is 39.3. The molecule has 2 amide bonds. The number of fused-ring (bicyclic) bond motifs is 1. The molecule has 0 aliphatic carbocycles. The van der Waals surface area contributed by atoms with E-state index in [1.807, 2.05) is 0 Å². The number of benzene rings is 2. The zero-order valence-corrected chi connectivity index (χ0v) is 14.6. The predicted octanol–water partition coefficient (Wildman–Crippen LogP) is 3.53. The minimum atomic E-state index is -3.02. The minimum Gasteiger partial charge on any atom is -0.493 e. The first-order valence-electron chi connectivity index (χ1n) is 7.57. The number of anilines is 2. The van der Waals surface area contributed by atoms with Crippen LogP contribution >= 0.6 is 11.6 Å². The molecule has 3 rings (SSSR count). The van der Waals surface area contributed by atoms with E-state index in [1.165, 1.54) is 37.4 Å². The molecule has 27 heavy (non-hydrogen) atoms. The smallest absolute Gasteiger partial charge is 0.387 e. The topological polar surface area (TPSA) is 85.9 Å². The number of carbonyl (C=O) groups excluding carboxylic acids is 2. The molecule has 2 N–H and O–H groups in total. The highest BCUT2D eigenvalue weighted by Gasteiger charge is 2.20.